The van der Waals surface area contributed by atoms with Gasteiger partial charge in [0.15, 0.2) is 5.75 Å². The maximum Gasteiger partial charge on any atom is 0.374 e. The van der Waals surface area contributed by atoms with Gasteiger partial charge in [0.05, 0.1) is 11.8 Å². The van der Waals surface area contributed by atoms with E-state index in [1.165, 1.54) is 27.8 Å². The van der Waals surface area contributed by atoms with Crippen LogP contribution in [0.2, 0.25) is 0 Å². The summed E-state index contributed by atoms with van der Waals surface area (Å²) in [6.45, 7) is 4.32. The van der Waals surface area contributed by atoms with Crippen LogP contribution in [0.3, 0.4) is 0 Å². The SMILES string of the molecule is CCC(=Cc1oc2ccc(-c3ccccc3)c(C)c2[n+]1C)C=C1Oc2ccc(-c3ccccc3)cc2N1C. The fourth-order valence-corrected chi connectivity index (χ4v) is 5.19. The molecule has 188 valence electrons. The molecule has 0 saturated carbocycles. The van der Waals surface area contributed by atoms with Crippen LogP contribution in [0.4, 0.5) is 5.69 Å². The molecular formula is C34H31N2O2+. The van der Waals surface area contributed by atoms with Crippen molar-refractivity contribution in [1.29, 1.82) is 0 Å². The standard InChI is InChI=1S/C34H31N2O2/c1-5-24(20-32-35(3)29-22-27(16-18-30(29)37-32)25-12-8-6-9-13-25)21-33-36(4)34-23(2)28(17-19-31(34)38-33)26-14-10-7-11-15-26/h6-22H,5H2,1-4H3/q+1. The first-order valence-corrected chi connectivity index (χ1v) is 13.0. The molecule has 1 aliphatic rings. The molecule has 6 rings (SSSR count). The molecule has 0 saturated heterocycles. The quantitative estimate of drug-likeness (QED) is 0.229. The van der Waals surface area contributed by atoms with Crippen molar-refractivity contribution in [3.05, 3.63) is 120 Å². The summed E-state index contributed by atoms with van der Waals surface area (Å²) in [6.07, 6.45) is 5.07. The van der Waals surface area contributed by atoms with Crippen molar-refractivity contribution in [1.82, 2.24) is 0 Å². The average molecular weight is 500 g/mol. The molecule has 4 nitrogen and oxygen atoms in total. The van der Waals surface area contributed by atoms with E-state index in [1.807, 2.05) is 12.1 Å². The van der Waals surface area contributed by atoms with Gasteiger partial charge in [-0.2, -0.15) is 4.57 Å². The van der Waals surface area contributed by atoms with Gasteiger partial charge >= 0.3 is 5.89 Å². The minimum absolute atomic E-state index is 0.805. The fraction of sp³-hybridized carbons (Fsp3) is 0.147. The number of oxazole rings is 1. The van der Waals surface area contributed by atoms with Crippen molar-refractivity contribution in [2.24, 2.45) is 7.05 Å². The Hall–Kier alpha value is -4.57. The molecule has 1 aliphatic heterocycles. The number of hydrogen-bond acceptors (Lipinski definition) is 3. The van der Waals surface area contributed by atoms with Crippen molar-refractivity contribution in [3.8, 4) is 28.0 Å². The number of benzene rings is 4. The van der Waals surface area contributed by atoms with Crippen LogP contribution in [-0.2, 0) is 7.05 Å². The summed E-state index contributed by atoms with van der Waals surface area (Å²) in [5.41, 5.74) is 10.2. The molecule has 0 bridgehead atoms. The van der Waals surface area contributed by atoms with Crippen LogP contribution in [0, 0.1) is 6.92 Å². The van der Waals surface area contributed by atoms with Crippen molar-refractivity contribution in [2.45, 2.75) is 20.3 Å². The molecule has 1 aromatic heterocycles. The molecule has 0 atom stereocenters. The zero-order chi connectivity index (χ0) is 26.2. The second kappa shape index (κ2) is 9.71. The molecule has 4 heteroatoms. The van der Waals surface area contributed by atoms with Gasteiger partial charge in [0.25, 0.3) is 5.52 Å². The Bertz CT molecular complexity index is 1700. The van der Waals surface area contributed by atoms with Gasteiger partial charge in [-0.25, -0.2) is 0 Å². The highest BCUT2D eigenvalue weighted by molar-refractivity contribution is 5.83. The van der Waals surface area contributed by atoms with Crippen LogP contribution in [0.5, 0.6) is 5.75 Å². The first kappa shape index (κ1) is 23.8. The number of hydrogen-bond donors (Lipinski definition) is 0. The topological polar surface area (TPSA) is 29.5 Å². The number of allylic oxidation sites excluding steroid dienone is 2. The summed E-state index contributed by atoms with van der Waals surface area (Å²) in [6, 6.07) is 31.5. The second-order valence-corrected chi connectivity index (χ2v) is 9.72. The molecule has 2 heterocycles. The van der Waals surface area contributed by atoms with Gasteiger partial charge in [-0.1, -0.05) is 73.7 Å². The molecule has 0 aliphatic carbocycles. The highest BCUT2D eigenvalue weighted by atomic mass is 16.5. The van der Waals surface area contributed by atoms with Crippen molar-refractivity contribution in [2.75, 3.05) is 11.9 Å². The van der Waals surface area contributed by atoms with E-state index in [1.54, 1.807) is 0 Å². The van der Waals surface area contributed by atoms with E-state index < -0.39 is 0 Å². The molecular weight excluding hydrogens is 468 g/mol. The third-order valence-electron chi connectivity index (χ3n) is 7.36. The van der Waals surface area contributed by atoms with Crippen LogP contribution < -0.4 is 14.2 Å². The highest BCUT2D eigenvalue weighted by Gasteiger charge is 2.25. The second-order valence-electron chi connectivity index (χ2n) is 9.72. The Morgan fingerprint density at radius 1 is 0.868 bits per heavy atom. The Kier molecular flexibility index (Phi) is 6.09. The molecule has 0 N–H and O–H groups in total. The molecule has 0 fully saturated rings. The van der Waals surface area contributed by atoms with Crippen LogP contribution in [0.15, 0.2) is 113 Å². The van der Waals surface area contributed by atoms with Crippen molar-refractivity contribution >= 4 is 22.9 Å². The lowest BCUT2D eigenvalue weighted by atomic mass is 9.99. The Balaban J connectivity index is 1.34. The lowest BCUT2D eigenvalue weighted by Gasteiger charge is -2.12. The summed E-state index contributed by atoms with van der Waals surface area (Å²) in [4.78, 5) is 2.11. The summed E-state index contributed by atoms with van der Waals surface area (Å²) in [7, 11) is 4.12. The Morgan fingerprint density at radius 2 is 1.58 bits per heavy atom. The smallest absolute Gasteiger partial charge is 0.374 e. The number of aryl methyl sites for hydroxylation is 2. The van der Waals surface area contributed by atoms with Gasteiger partial charge < -0.3 is 14.1 Å². The highest BCUT2D eigenvalue weighted by Crippen LogP contribution is 2.41. The number of rotatable bonds is 5. The number of anilines is 1. The summed E-state index contributed by atoms with van der Waals surface area (Å²) in [5, 5.41) is 0. The normalized spacial score (nSPS) is 14.3. The minimum Gasteiger partial charge on any atom is -0.439 e. The average Bonchev–Trinajstić information content (AvgIpc) is 3.44. The minimum atomic E-state index is 0.805. The predicted molar refractivity (Wildman–Crippen MR) is 155 cm³/mol. The lowest BCUT2D eigenvalue weighted by molar-refractivity contribution is -0.652. The molecule has 0 amide bonds. The molecule has 4 aromatic carbocycles. The lowest BCUT2D eigenvalue weighted by Crippen LogP contribution is -2.30. The zero-order valence-corrected chi connectivity index (χ0v) is 22.2. The number of nitrogens with zero attached hydrogens (tertiary/aromatic N) is 2. The van der Waals surface area contributed by atoms with Crippen LogP contribution in [0.25, 0.3) is 39.4 Å². The van der Waals surface area contributed by atoms with Gasteiger partial charge in [0, 0.05) is 18.7 Å². The predicted octanol–water partition coefficient (Wildman–Crippen LogP) is 8.06. The zero-order valence-electron chi connectivity index (χ0n) is 22.2. The maximum atomic E-state index is 6.32. The first-order valence-electron chi connectivity index (χ1n) is 13.0. The largest absolute Gasteiger partial charge is 0.439 e. The Morgan fingerprint density at radius 3 is 2.29 bits per heavy atom. The first-order chi connectivity index (χ1) is 18.5. The van der Waals surface area contributed by atoms with E-state index in [0.717, 1.165) is 46.3 Å². The molecule has 0 unspecified atom stereocenters. The summed E-state index contributed by atoms with van der Waals surface area (Å²) in [5.74, 6) is 2.48. The molecule has 0 radical (unpaired) electrons. The van der Waals surface area contributed by atoms with E-state index >= 15 is 0 Å². The third kappa shape index (κ3) is 4.18. The maximum absolute atomic E-state index is 6.32. The van der Waals surface area contributed by atoms with Crippen molar-refractivity contribution in [3.63, 3.8) is 0 Å². The fourth-order valence-electron chi connectivity index (χ4n) is 5.19. The number of ether oxygens (including phenoxy) is 1. The molecule has 0 spiro atoms. The van der Waals surface area contributed by atoms with Crippen LogP contribution >= 0.6 is 0 Å². The van der Waals surface area contributed by atoms with Gasteiger partial charge in [0.2, 0.25) is 11.5 Å². The number of fused-ring (bicyclic) bond motifs is 2. The van der Waals surface area contributed by atoms with Gasteiger partial charge in [-0.15, -0.1) is 0 Å². The van der Waals surface area contributed by atoms with Gasteiger partial charge in [-0.05, 0) is 65.4 Å². The Labute approximate surface area is 223 Å². The van der Waals surface area contributed by atoms with Crippen LogP contribution in [-0.4, -0.2) is 7.05 Å². The van der Waals surface area contributed by atoms with E-state index in [9.17, 15) is 0 Å². The monoisotopic (exact) mass is 499 g/mol. The van der Waals surface area contributed by atoms with E-state index in [0.29, 0.717) is 0 Å². The van der Waals surface area contributed by atoms with Crippen molar-refractivity contribution < 1.29 is 13.7 Å². The molecule has 38 heavy (non-hydrogen) atoms. The van der Waals surface area contributed by atoms with E-state index in [2.05, 4.69) is 128 Å². The third-order valence-corrected chi connectivity index (χ3v) is 7.36. The van der Waals surface area contributed by atoms with E-state index in [4.69, 9.17) is 9.15 Å². The summed E-state index contributed by atoms with van der Waals surface area (Å²) >= 11 is 0. The summed E-state index contributed by atoms with van der Waals surface area (Å²) < 4.78 is 14.7. The van der Waals surface area contributed by atoms with Gasteiger partial charge in [-0.3, -0.25) is 0 Å². The molecule has 5 aromatic rings. The van der Waals surface area contributed by atoms with Crippen LogP contribution in [0.1, 0.15) is 24.8 Å². The van der Waals surface area contributed by atoms with E-state index in [-0.39, 0.29) is 0 Å². The van der Waals surface area contributed by atoms with Gasteiger partial charge in [0.1, 0.15) is 7.05 Å². The number of aromatic nitrogens is 1.